The van der Waals surface area contributed by atoms with E-state index in [9.17, 15) is 9.18 Å². The maximum absolute atomic E-state index is 13.9. The van der Waals surface area contributed by atoms with Crippen molar-refractivity contribution in [3.8, 4) is 5.75 Å². The third-order valence-electron chi connectivity index (χ3n) is 3.11. The molecular formula is C15H22FNO2. The van der Waals surface area contributed by atoms with E-state index in [2.05, 4.69) is 5.32 Å². The van der Waals surface area contributed by atoms with Crippen molar-refractivity contribution in [3.05, 3.63) is 29.6 Å². The number of carbonyl (C=O) groups is 1. The normalized spacial score (nSPS) is 11.2. The molecule has 19 heavy (non-hydrogen) atoms. The molecule has 0 atom stereocenters. The van der Waals surface area contributed by atoms with E-state index in [-0.39, 0.29) is 11.7 Å². The Kier molecular flexibility index (Phi) is 5.33. The lowest BCUT2D eigenvalue weighted by Crippen LogP contribution is -2.37. The number of benzene rings is 1. The Labute approximate surface area is 114 Å². The molecule has 1 aromatic carbocycles. The summed E-state index contributed by atoms with van der Waals surface area (Å²) in [6, 6.07) is 4.66. The van der Waals surface area contributed by atoms with Gasteiger partial charge in [0.2, 0.25) is 5.91 Å². The lowest BCUT2D eigenvalue weighted by atomic mass is 9.84. The minimum Gasteiger partial charge on any atom is -0.497 e. The highest BCUT2D eigenvalue weighted by Crippen LogP contribution is 2.28. The summed E-state index contributed by atoms with van der Waals surface area (Å²) in [4.78, 5) is 11.5. The number of carbonyl (C=O) groups excluding carboxylic acids is 1. The number of ether oxygens (including phenoxy) is 1. The molecule has 3 nitrogen and oxygen atoms in total. The summed E-state index contributed by atoms with van der Waals surface area (Å²) in [5.74, 6) is 0.332. The van der Waals surface area contributed by atoms with Crippen LogP contribution in [0.1, 0.15) is 39.2 Å². The van der Waals surface area contributed by atoms with E-state index in [1.807, 2.05) is 20.8 Å². The van der Waals surface area contributed by atoms with Gasteiger partial charge in [-0.3, -0.25) is 4.79 Å². The fraction of sp³-hybridized carbons (Fsp3) is 0.533. The molecule has 1 N–H and O–H groups in total. The molecule has 0 fully saturated rings. The minimum absolute atomic E-state index is 0.00104. The second-order valence-electron chi connectivity index (χ2n) is 5.26. The predicted molar refractivity (Wildman–Crippen MR) is 73.9 cm³/mol. The molecule has 0 aliphatic heterocycles. The highest BCUT2D eigenvalue weighted by atomic mass is 19.1. The fourth-order valence-corrected chi connectivity index (χ4v) is 1.88. The van der Waals surface area contributed by atoms with Crippen LogP contribution in [-0.2, 0) is 10.2 Å². The number of nitrogens with one attached hydrogen (secondary N) is 1. The first-order chi connectivity index (χ1) is 8.90. The molecule has 0 aromatic heterocycles. The van der Waals surface area contributed by atoms with Crippen molar-refractivity contribution in [3.63, 3.8) is 0 Å². The molecule has 0 heterocycles. The van der Waals surface area contributed by atoms with Crippen LogP contribution in [0.3, 0.4) is 0 Å². The molecule has 1 rings (SSSR count). The van der Waals surface area contributed by atoms with Gasteiger partial charge in [0, 0.05) is 18.4 Å². The van der Waals surface area contributed by atoms with E-state index >= 15 is 0 Å². The number of methoxy groups -OCH3 is 1. The van der Waals surface area contributed by atoms with Crippen molar-refractivity contribution in [1.82, 2.24) is 5.32 Å². The molecule has 4 heteroatoms. The lowest BCUT2D eigenvalue weighted by molar-refractivity contribution is -0.121. The van der Waals surface area contributed by atoms with Gasteiger partial charge in [-0.25, -0.2) is 4.39 Å². The van der Waals surface area contributed by atoms with Crippen molar-refractivity contribution in [2.24, 2.45) is 0 Å². The van der Waals surface area contributed by atoms with Gasteiger partial charge in [-0.1, -0.05) is 20.8 Å². The van der Waals surface area contributed by atoms with E-state index in [1.54, 1.807) is 19.2 Å². The van der Waals surface area contributed by atoms with Crippen LogP contribution in [0.5, 0.6) is 5.75 Å². The van der Waals surface area contributed by atoms with Gasteiger partial charge in [0.1, 0.15) is 11.6 Å². The van der Waals surface area contributed by atoms with Gasteiger partial charge in [0.15, 0.2) is 0 Å². The second-order valence-corrected chi connectivity index (χ2v) is 5.26. The standard InChI is InChI=1S/C15H22FNO2/c1-5-6-14(18)17-10-15(2,3)12-9-11(19-4)7-8-13(12)16/h7-9H,5-6,10H2,1-4H3,(H,17,18). The van der Waals surface area contributed by atoms with E-state index in [0.29, 0.717) is 24.3 Å². The van der Waals surface area contributed by atoms with E-state index in [1.165, 1.54) is 6.07 Å². The maximum atomic E-state index is 13.9. The van der Waals surface area contributed by atoms with Gasteiger partial charge < -0.3 is 10.1 Å². The zero-order chi connectivity index (χ0) is 14.5. The third kappa shape index (κ3) is 4.23. The summed E-state index contributed by atoms with van der Waals surface area (Å²) in [6.07, 6.45) is 1.30. The largest absolute Gasteiger partial charge is 0.497 e. The number of halogens is 1. The zero-order valence-corrected chi connectivity index (χ0v) is 12.0. The van der Waals surface area contributed by atoms with Crippen molar-refractivity contribution in [1.29, 1.82) is 0 Å². The van der Waals surface area contributed by atoms with Crippen molar-refractivity contribution >= 4 is 5.91 Å². The Morgan fingerprint density at radius 1 is 1.42 bits per heavy atom. The van der Waals surface area contributed by atoms with Crippen molar-refractivity contribution < 1.29 is 13.9 Å². The van der Waals surface area contributed by atoms with E-state index in [0.717, 1.165) is 6.42 Å². The SMILES string of the molecule is CCCC(=O)NCC(C)(C)c1cc(OC)ccc1F. The molecule has 0 aliphatic carbocycles. The van der Waals surface area contributed by atoms with Crippen LogP contribution in [0.25, 0.3) is 0 Å². The van der Waals surface area contributed by atoms with Gasteiger partial charge in [0.25, 0.3) is 0 Å². The topological polar surface area (TPSA) is 38.3 Å². The number of rotatable bonds is 6. The molecule has 0 radical (unpaired) electrons. The predicted octanol–water partition coefficient (Wildman–Crippen LogP) is 3.03. The summed E-state index contributed by atoms with van der Waals surface area (Å²) >= 11 is 0. The summed E-state index contributed by atoms with van der Waals surface area (Å²) in [6.45, 7) is 6.15. The van der Waals surface area contributed by atoms with Crippen LogP contribution in [-0.4, -0.2) is 19.6 Å². The molecular weight excluding hydrogens is 245 g/mol. The van der Waals surface area contributed by atoms with Gasteiger partial charge in [-0.05, 0) is 30.2 Å². The number of amides is 1. The number of hydrogen-bond acceptors (Lipinski definition) is 2. The van der Waals surface area contributed by atoms with Crippen LogP contribution < -0.4 is 10.1 Å². The Morgan fingerprint density at radius 3 is 2.68 bits per heavy atom. The quantitative estimate of drug-likeness (QED) is 0.860. The van der Waals surface area contributed by atoms with Crippen molar-refractivity contribution in [2.45, 2.75) is 39.0 Å². The third-order valence-corrected chi connectivity index (χ3v) is 3.11. The monoisotopic (exact) mass is 267 g/mol. The van der Waals surface area contributed by atoms with Gasteiger partial charge in [-0.15, -0.1) is 0 Å². The molecule has 1 aromatic rings. The summed E-state index contributed by atoms with van der Waals surface area (Å²) in [5, 5.41) is 2.84. The van der Waals surface area contributed by atoms with Crippen LogP contribution >= 0.6 is 0 Å². The minimum atomic E-state index is -0.484. The molecule has 0 saturated heterocycles. The number of hydrogen-bond donors (Lipinski definition) is 1. The van der Waals surface area contributed by atoms with Gasteiger partial charge >= 0.3 is 0 Å². The Hall–Kier alpha value is -1.58. The molecule has 0 aliphatic rings. The summed E-state index contributed by atoms with van der Waals surface area (Å²) < 4.78 is 19.0. The van der Waals surface area contributed by atoms with Crippen LogP contribution in [0, 0.1) is 5.82 Å². The van der Waals surface area contributed by atoms with Gasteiger partial charge in [0.05, 0.1) is 7.11 Å². The molecule has 106 valence electrons. The zero-order valence-electron chi connectivity index (χ0n) is 12.0. The molecule has 0 unspecified atom stereocenters. The van der Waals surface area contributed by atoms with Crippen LogP contribution in [0.4, 0.5) is 4.39 Å². The average Bonchev–Trinajstić information content (AvgIpc) is 2.37. The maximum Gasteiger partial charge on any atom is 0.220 e. The smallest absolute Gasteiger partial charge is 0.220 e. The molecule has 1 amide bonds. The van der Waals surface area contributed by atoms with Crippen LogP contribution in [0.15, 0.2) is 18.2 Å². The fourth-order valence-electron chi connectivity index (χ4n) is 1.88. The first-order valence-electron chi connectivity index (χ1n) is 6.51. The molecule has 0 saturated carbocycles. The Balaban J connectivity index is 2.84. The first-order valence-corrected chi connectivity index (χ1v) is 6.51. The second kappa shape index (κ2) is 6.55. The molecule has 0 bridgehead atoms. The highest BCUT2D eigenvalue weighted by molar-refractivity contribution is 5.75. The van der Waals surface area contributed by atoms with Crippen LogP contribution in [0.2, 0.25) is 0 Å². The summed E-state index contributed by atoms with van der Waals surface area (Å²) in [7, 11) is 1.55. The lowest BCUT2D eigenvalue weighted by Gasteiger charge is -2.26. The Bertz CT molecular complexity index is 444. The van der Waals surface area contributed by atoms with E-state index in [4.69, 9.17) is 4.74 Å². The highest BCUT2D eigenvalue weighted by Gasteiger charge is 2.25. The average molecular weight is 267 g/mol. The van der Waals surface area contributed by atoms with Gasteiger partial charge in [-0.2, -0.15) is 0 Å². The Morgan fingerprint density at radius 2 is 2.11 bits per heavy atom. The summed E-state index contributed by atoms with van der Waals surface area (Å²) in [5.41, 5.74) is 0.0609. The first kappa shape index (κ1) is 15.5. The van der Waals surface area contributed by atoms with E-state index < -0.39 is 5.41 Å². The van der Waals surface area contributed by atoms with Crippen molar-refractivity contribution in [2.75, 3.05) is 13.7 Å². The molecule has 0 spiro atoms.